The molecule has 0 aliphatic rings. The molecule has 0 bridgehead atoms. The van der Waals surface area contributed by atoms with Gasteiger partial charge >= 0.3 is 11.9 Å². The molecule has 2 rings (SSSR count). The van der Waals surface area contributed by atoms with Crippen molar-refractivity contribution in [3.8, 4) is 23.0 Å². The van der Waals surface area contributed by atoms with Gasteiger partial charge in [-0.15, -0.1) is 0 Å². The first kappa shape index (κ1) is 21.1. The van der Waals surface area contributed by atoms with E-state index in [0.717, 1.165) is 0 Å². The summed E-state index contributed by atoms with van der Waals surface area (Å²) >= 11 is 0. The number of ether oxygens (including phenoxy) is 5. The Morgan fingerprint density at radius 2 is 1.36 bits per heavy atom. The fraction of sp³-hybridized carbons (Fsp3) is 0.333. The van der Waals surface area contributed by atoms with Crippen LogP contribution in [0.15, 0.2) is 36.4 Å². The summed E-state index contributed by atoms with van der Waals surface area (Å²) in [7, 11) is 1.26. The first-order valence-corrected chi connectivity index (χ1v) is 9.01. The summed E-state index contributed by atoms with van der Waals surface area (Å²) in [6.07, 6.45) is 0. The molecule has 0 saturated heterocycles. The second-order valence-corrected chi connectivity index (χ2v) is 5.48. The normalized spacial score (nSPS) is 10.1. The first-order chi connectivity index (χ1) is 13.5. The number of carbonyl (C=O) groups is 2. The van der Waals surface area contributed by atoms with Gasteiger partial charge in [-0.25, -0.2) is 9.59 Å². The Kier molecular flexibility index (Phi) is 7.68. The van der Waals surface area contributed by atoms with Crippen LogP contribution in [-0.2, 0) is 4.74 Å². The van der Waals surface area contributed by atoms with E-state index in [1.807, 2.05) is 20.8 Å². The maximum atomic E-state index is 12.7. The quantitative estimate of drug-likeness (QED) is 0.476. The van der Waals surface area contributed by atoms with Gasteiger partial charge in [-0.1, -0.05) is 12.1 Å². The van der Waals surface area contributed by atoms with Crippen molar-refractivity contribution in [2.24, 2.45) is 0 Å². The minimum atomic E-state index is -0.665. The van der Waals surface area contributed by atoms with Crippen molar-refractivity contribution in [3.63, 3.8) is 0 Å². The van der Waals surface area contributed by atoms with Crippen molar-refractivity contribution >= 4 is 11.9 Å². The molecule has 2 aromatic carbocycles. The Morgan fingerprint density at radius 1 is 0.786 bits per heavy atom. The van der Waals surface area contributed by atoms with Crippen LogP contribution in [-0.4, -0.2) is 38.9 Å². The molecule has 0 fully saturated rings. The van der Waals surface area contributed by atoms with E-state index in [4.69, 9.17) is 23.7 Å². The van der Waals surface area contributed by atoms with Crippen molar-refractivity contribution in [2.45, 2.75) is 20.8 Å². The number of benzene rings is 2. The van der Waals surface area contributed by atoms with Gasteiger partial charge in [-0.3, -0.25) is 0 Å². The lowest BCUT2D eigenvalue weighted by molar-refractivity contribution is 0.0593. The Bertz CT molecular complexity index is 802. The zero-order valence-corrected chi connectivity index (χ0v) is 16.4. The van der Waals surface area contributed by atoms with Crippen LogP contribution < -0.4 is 18.9 Å². The van der Waals surface area contributed by atoms with Crippen LogP contribution in [0.25, 0.3) is 0 Å². The molecule has 2 aromatic rings. The van der Waals surface area contributed by atoms with E-state index in [1.165, 1.54) is 31.4 Å². The standard InChI is InChI=1S/C21H24O7/c1-5-25-17-12-14(13-18(26-6-2)19(17)27-7-3)20(22)28-16-11-9-8-10-15(16)21(23)24-4/h8-13H,5-7H2,1-4H3. The van der Waals surface area contributed by atoms with Crippen LogP contribution in [0, 0.1) is 0 Å². The molecule has 0 radical (unpaired) electrons. The molecule has 0 N–H and O–H groups in total. The second kappa shape index (κ2) is 10.2. The zero-order chi connectivity index (χ0) is 20.5. The zero-order valence-electron chi connectivity index (χ0n) is 16.4. The highest BCUT2D eigenvalue weighted by atomic mass is 16.6. The van der Waals surface area contributed by atoms with Gasteiger partial charge in [0.15, 0.2) is 11.5 Å². The van der Waals surface area contributed by atoms with E-state index in [2.05, 4.69) is 0 Å². The second-order valence-electron chi connectivity index (χ2n) is 5.48. The van der Waals surface area contributed by atoms with Gasteiger partial charge in [0.25, 0.3) is 0 Å². The number of carbonyl (C=O) groups excluding carboxylic acids is 2. The molecular weight excluding hydrogens is 364 g/mol. The van der Waals surface area contributed by atoms with Crippen LogP contribution in [0.2, 0.25) is 0 Å². The number of rotatable bonds is 9. The van der Waals surface area contributed by atoms with Crippen LogP contribution in [0.3, 0.4) is 0 Å². The third kappa shape index (κ3) is 4.94. The van der Waals surface area contributed by atoms with Crippen molar-refractivity contribution in [2.75, 3.05) is 26.9 Å². The number of esters is 2. The van der Waals surface area contributed by atoms with Crippen molar-refractivity contribution in [3.05, 3.63) is 47.5 Å². The van der Waals surface area contributed by atoms with Crippen molar-refractivity contribution in [1.82, 2.24) is 0 Å². The van der Waals surface area contributed by atoms with Crippen molar-refractivity contribution < 1.29 is 33.3 Å². The summed E-state index contributed by atoms with van der Waals surface area (Å²) < 4.78 is 27.0. The van der Waals surface area contributed by atoms with Crippen LogP contribution in [0.5, 0.6) is 23.0 Å². The van der Waals surface area contributed by atoms with Crippen LogP contribution in [0.4, 0.5) is 0 Å². The average Bonchev–Trinajstić information content (AvgIpc) is 2.70. The summed E-state index contributed by atoms with van der Waals surface area (Å²) in [6, 6.07) is 9.40. The smallest absolute Gasteiger partial charge is 0.343 e. The van der Waals surface area contributed by atoms with E-state index in [-0.39, 0.29) is 16.9 Å². The lowest BCUT2D eigenvalue weighted by Gasteiger charge is -2.17. The topological polar surface area (TPSA) is 80.3 Å². The van der Waals surface area contributed by atoms with Gasteiger partial charge in [0.2, 0.25) is 5.75 Å². The number of hydrogen-bond acceptors (Lipinski definition) is 7. The summed E-state index contributed by atoms with van der Waals surface area (Å²) in [4.78, 5) is 24.6. The molecule has 0 aliphatic carbocycles. The predicted octanol–water partition coefficient (Wildman–Crippen LogP) is 3.89. The number of para-hydroxylation sites is 1. The minimum Gasteiger partial charge on any atom is -0.490 e. The van der Waals surface area contributed by atoms with Gasteiger partial charge < -0.3 is 23.7 Å². The molecule has 7 heteroatoms. The number of methoxy groups -OCH3 is 1. The van der Waals surface area contributed by atoms with E-state index >= 15 is 0 Å². The predicted molar refractivity (Wildman–Crippen MR) is 103 cm³/mol. The average molecular weight is 388 g/mol. The molecule has 0 amide bonds. The molecule has 0 aliphatic heterocycles. The third-order valence-corrected chi connectivity index (χ3v) is 3.64. The summed E-state index contributed by atoms with van der Waals surface area (Å²) in [5.74, 6) is 0.0234. The van der Waals surface area contributed by atoms with Gasteiger partial charge in [0.1, 0.15) is 11.3 Å². The Balaban J connectivity index is 2.41. The van der Waals surface area contributed by atoms with Gasteiger partial charge in [0, 0.05) is 0 Å². The highest BCUT2D eigenvalue weighted by Crippen LogP contribution is 2.39. The Hall–Kier alpha value is -3.22. The third-order valence-electron chi connectivity index (χ3n) is 3.64. The lowest BCUT2D eigenvalue weighted by Crippen LogP contribution is -2.13. The summed E-state index contributed by atoms with van der Waals surface area (Å²) in [5.41, 5.74) is 0.356. The fourth-order valence-corrected chi connectivity index (χ4v) is 2.50. The Morgan fingerprint density at radius 3 is 1.89 bits per heavy atom. The molecule has 0 aromatic heterocycles. The highest BCUT2D eigenvalue weighted by molar-refractivity contribution is 5.96. The van der Waals surface area contributed by atoms with Gasteiger partial charge in [-0.05, 0) is 45.0 Å². The summed E-state index contributed by atoms with van der Waals surface area (Å²) in [6.45, 7) is 6.68. The summed E-state index contributed by atoms with van der Waals surface area (Å²) in [5, 5.41) is 0. The molecule has 0 atom stereocenters. The molecule has 28 heavy (non-hydrogen) atoms. The lowest BCUT2D eigenvalue weighted by atomic mass is 10.1. The molecule has 0 spiro atoms. The molecule has 0 heterocycles. The SMILES string of the molecule is CCOc1cc(C(=O)Oc2ccccc2C(=O)OC)cc(OCC)c1OCC. The highest BCUT2D eigenvalue weighted by Gasteiger charge is 2.21. The maximum Gasteiger partial charge on any atom is 0.343 e. The van der Waals surface area contributed by atoms with Crippen LogP contribution in [0.1, 0.15) is 41.5 Å². The Labute approximate surface area is 164 Å². The van der Waals surface area contributed by atoms with Gasteiger partial charge in [-0.2, -0.15) is 0 Å². The largest absolute Gasteiger partial charge is 0.490 e. The van der Waals surface area contributed by atoms with Crippen LogP contribution >= 0.6 is 0 Å². The van der Waals surface area contributed by atoms with Crippen molar-refractivity contribution in [1.29, 1.82) is 0 Å². The monoisotopic (exact) mass is 388 g/mol. The number of hydrogen-bond donors (Lipinski definition) is 0. The van der Waals surface area contributed by atoms with E-state index < -0.39 is 11.9 Å². The fourth-order valence-electron chi connectivity index (χ4n) is 2.50. The minimum absolute atomic E-state index is 0.101. The molecule has 0 unspecified atom stereocenters. The van der Waals surface area contributed by atoms with E-state index in [9.17, 15) is 9.59 Å². The van der Waals surface area contributed by atoms with Gasteiger partial charge in [0.05, 0.1) is 32.5 Å². The first-order valence-electron chi connectivity index (χ1n) is 9.01. The molecular formula is C21H24O7. The molecule has 150 valence electrons. The van der Waals surface area contributed by atoms with E-state index in [1.54, 1.807) is 12.1 Å². The molecule has 0 saturated carbocycles. The van der Waals surface area contributed by atoms with E-state index in [0.29, 0.717) is 37.1 Å². The maximum absolute atomic E-state index is 12.7. The molecule has 7 nitrogen and oxygen atoms in total.